The largest absolute Gasteiger partial charge is 0.384 e. The number of thiophene rings is 1. The van der Waals surface area contributed by atoms with Crippen LogP contribution in [-0.2, 0) is 6.54 Å². The molecule has 0 amide bonds. The van der Waals surface area contributed by atoms with Crippen molar-refractivity contribution in [2.75, 3.05) is 11.9 Å². The Morgan fingerprint density at radius 3 is 3.14 bits per heavy atom. The molecular weight excluding hydrogens is 284 g/mol. The van der Waals surface area contributed by atoms with E-state index >= 15 is 0 Å². The molecule has 3 aromatic rings. The number of pyridine rings is 1. The molecule has 0 unspecified atom stereocenters. The molecular formula is C15H16N4OS. The lowest BCUT2D eigenvalue weighted by Gasteiger charge is -2.07. The highest BCUT2D eigenvalue weighted by molar-refractivity contribution is 7.17. The molecule has 1 N–H and O–H groups in total. The lowest BCUT2D eigenvalue weighted by atomic mass is 10.3. The van der Waals surface area contributed by atoms with E-state index in [4.69, 9.17) is 0 Å². The van der Waals surface area contributed by atoms with Crippen molar-refractivity contribution in [1.82, 2.24) is 14.5 Å². The van der Waals surface area contributed by atoms with Crippen molar-refractivity contribution in [2.45, 2.75) is 19.9 Å². The van der Waals surface area contributed by atoms with E-state index in [0.717, 1.165) is 34.4 Å². The summed E-state index contributed by atoms with van der Waals surface area (Å²) in [6.07, 6.45) is 6.03. The van der Waals surface area contributed by atoms with Gasteiger partial charge < -0.3 is 5.32 Å². The molecule has 0 aromatic carbocycles. The normalized spacial score (nSPS) is 10.9. The highest BCUT2D eigenvalue weighted by atomic mass is 32.1. The van der Waals surface area contributed by atoms with Crippen LogP contribution in [-0.4, -0.2) is 21.1 Å². The van der Waals surface area contributed by atoms with E-state index in [-0.39, 0.29) is 5.56 Å². The fourth-order valence-corrected chi connectivity index (χ4v) is 3.12. The van der Waals surface area contributed by atoms with Gasteiger partial charge in [-0.3, -0.25) is 14.3 Å². The Bertz CT molecular complexity index is 794. The highest BCUT2D eigenvalue weighted by Crippen LogP contribution is 2.19. The quantitative estimate of drug-likeness (QED) is 0.736. The maximum atomic E-state index is 12.3. The summed E-state index contributed by atoms with van der Waals surface area (Å²) in [5.41, 5.74) is 2.94. The zero-order valence-corrected chi connectivity index (χ0v) is 12.6. The number of hydrogen-bond acceptors (Lipinski definition) is 5. The zero-order valence-electron chi connectivity index (χ0n) is 11.7. The van der Waals surface area contributed by atoms with Gasteiger partial charge in [0.1, 0.15) is 4.70 Å². The van der Waals surface area contributed by atoms with Gasteiger partial charge in [0.2, 0.25) is 0 Å². The van der Waals surface area contributed by atoms with Gasteiger partial charge in [-0.1, -0.05) is 0 Å². The number of anilines is 1. The van der Waals surface area contributed by atoms with E-state index in [2.05, 4.69) is 15.3 Å². The van der Waals surface area contributed by atoms with Crippen molar-refractivity contribution < 1.29 is 0 Å². The van der Waals surface area contributed by atoms with Gasteiger partial charge in [0, 0.05) is 25.5 Å². The van der Waals surface area contributed by atoms with Crippen LogP contribution >= 0.6 is 11.3 Å². The van der Waals surface area contributed by atoms with Crippen LogP contribution in [0.25, 0.3) is 10.2 Å². The highest BCUT2D eigenvalue weighted by Gasteiger charge is 2.07. The third kappa shape index (κ3) is 2.95. The Hall–Kier alpha value is -2.21. The molecule has 0 atom stereocenters. The van der Waals surface area contributed by atoms with Crippen molar-refractivity contribution in [3.05, 3.63) is 52.2 Å². The van der Waals surface area contributed by atoms with E-state index in [1.54, 1.807) is 23.3 Å². The summed E-state index contributed by atoms with van der Waals surface area (Å²) in [6.45, 7) is 3.43. The first kappa shape index (κ1) is 13.8. The molecule has 0 saturated heterocycles. The van der Waals surface area contributed by atoms with E-state index < -0.39 is 0 Å². The average molecular weight is 300 g/mol. The molecule has 3 heterocycles. The summed E-state index contributed by atoms with van der Waals surface area (Å²) in [5.74, 6) is 0. The van der Waals surface area contributed by atoms with Crippen LogP contribution in [0, 0.1) is 6.92 Å². The number of aryl methyl sites for hydroxylation is 2. The minimum Gasteiger partial charge on any atom is -0.384 e. The van der Waals surface area contributed by atoms with Crippen molar-refractivity contribution in [1.29, 1.82) is 0 Å². The first-order valence-electron chi connectivity index (χ1n) is 6.83. The molecule has 0 aliphatic heterocycles. The monoisotopic (exact) mass is 300 g/mol. The van der Waals surface area contributed by atoms with E-state index in [1.165, 1.54) is 11.3 Å². The number of nitrogens with zero attached hydrogens (tertiary/aromatic N) is 3. The molecule has 0 aliphatic rings. The minimum atomic E-state index is 0.0551. The third-order valence-electron chi connectivity index (χ3n) is 3.29. The van der Waals surface area contributed by atoms with Crippen LogP contribution in [0.15, 0.2) is 41.0 Å². The van der Waals surface area contributed by atoms with E-state index in [9.17, 15) is 4.79 Å². The van der Waals surface area contributed by atoms with Gasteiger partial charge in [0.25, 0.3) is 5.56 Å². The van der Waals surface area contributed by atoms with Crippen LogP contribution in [0.2, 0.25) is 0 Å². The predicted molar refractivity (Wildman–Crippen MR) is 86.0 cm³/mol. The molecule has 5 nitrogen and oxygen atoms in total. The van der Waals surface area contributed by atoms with Gasteiger partial charge in [0.15, 0.2) is 0 Å². The second kappa shape index (κ2) is 6.05. The van der Waals surface area contributed by atoms with Gasteiger partial charge in [-0.15, -0.1) is 11.3 Å². The van der Waals surface area contributed by atoms with Gasteiger partial charge >= 0.3 is 0 Å². The van der Waals surface area contributed by atoms with Crippen LogP contribution in [0.1, 0.15) is 12.0 Å². The maximum Gasteiger partial charge on any atom is 0.271 e. The van der Waals surface area contributed by atoms with Crippen molar-refractivity contribution in [3.8, 4) is 0 Å². The maximum absolute atomic E-state index is 12.3. The molecule has 21 heavy (non-hydrogen) atoms. The lowest BCUT2D eigenvalue weighted by molar-refractivity contribution is 0.634. The van der Waals surface area contributed by atoms with Gasteiger partial charge in [0.05, 0.1) is 17.5 Å². The van der Waals surface area contributed by atoms with Crippen LogP contribution in [0.5, 0.6) is 0 Å². The standard InChI is InChI=1S/C15H16N4OS/c1-11-9-21-14-13(11)18-10-19(15(14)20)7-3-6-17-12-4-2-5-16-8-12/h2,4-5,8-10,17H,3,6-7H2,1H3. The first-order valence-corrected chi connectivity index (χ1v) is 7.71. The Morgan fingerprint density at radius 1 is 1.43 bits per heavy atom. The van der Waals surface area contributed by atoms with Crippen molar-refractivity contribution in [2.24, 2.45) is 0 Å². The molecule has 108 valence electrons. The molecule has 0 radical (unpaired) electrons. The summed E-state index contributed by atoms with van der Waals surface area (Å²) >= 11 is 1.47. The van der Waals surface area contributed by atoms with Gasteiger partial charge in [-0.25, -0.2) is 4.98 Å². The van der Waals surface area contributed by atoms with Crippen LogP contribution < -0.4 is 10.9 Å². The molecule has 0 fully saturated rings. The molecule has 3 rings (SSSR count). The fourth-order valence-electron chi connectivity index (χ4n) is 2.17. The molecule has 6 heteroatoms. The number of hydrogen-bond donors (Lipinski definition) is 1. The smallest absolute Gasteiger partial charge is 0.271 e. The average Bonchev–Trinajstić information content (AvgIpc) is 2.89. The number of aromatic nitrogens is 3. The van der Waals surface area contributed by atoms with Crippen LogP contribution in [0.3, 0.4) is 0 Å². The Labute approximate surface area is 126 Å². The first-order chi connectivity index (χ1) is 10.3. The van der Waals surface area contributed by atoms with Crippen molar-refractivity contribution >= 4 is 27.2 Å². The van der Waals surface area contributed by atoms with Gasteiger partial charge in [-0.05, 0) is 36.4 Å². The fraction of sp³-hybridized carbons (Fsp3) is 0.267. The topological polar surface area (TPSA) is 59.8 Å². The summed E-state index contributed by atoms with van der Waals surface area (Å²) in [7, 11) is 0. The Kier molecular flexibility index (Phi) is 3.96. The number of fused-ring (bicyclic) bond motifs is 1. The van der Waals surface area contributed by atoms with E-state index in [1.807, 2.05) is 24.4 Å². The molecule has 0 bridgehead atoms. The zero-order chi connectivity index (χ0) is 14.7. The summed E-state index contributed by atoms with van der Waals surface area (Å²) in [4.78, 5) is 20.7. The van der Waals surface area contributed by atoms with Gasteiger partial charge in [-0.2, -0.15) is 0 Å². The predicted octanol–water partition coefficient (Wildman–Crippen LogP) is 2.66. The second-order valence-electron chi connectivity index (χ2n) is 4.86. The molecule has 0 aliphatic carbocycles. The molecule has 0 saturated carbocycles. The molecule has 0 spiro atoms. The lowest BCUT2D eigenvalue weighted by Crippen LogP contribution is -2.21. The van der Waals surface area contributed by atoms with Crippen molar-refractivity contribution in [3.63, 3.8) is 0 Å². The Balaban J connectivity index is 1.63. The van der Waals surface area contributed by atoms with Crippen LogP contribution in [0.4, 0.5) is 5.69 Å². The number of rotatable bonds is 5. The summed E-state index contributed by atoms with van der Waals surface area (Å²) in [6, 6.07) is 3.87. The molecule has 3 aromatic heterocycles. The third-order valence-corrected chi connectivity index (χ3v) is 4.37. The number of nitrogens with one attached hydrogen (secondary N) is 1. The minimum absolute atomic E-state index is 0.0551. The SMILES string of the molecule is Cc1csc2c(=O)n(CCCNc3cccnc3)cnc12. The Morgan fingerprint density at radius 2 is 2.33 bits per heavy atom. The second-order valence-corrected chi connectivity index (χ2v) is 5.74. The summed E-state index contributed by atoms with van der Waals surface area (Å²) < 4.78 is 2.43. The summed E-state index contributed by atoms with van der Waals surface area (Å²) in [5, 5.41) is 5.26. The van der Waals surface area contributed by atoms with E-state index in [0.29, 0.717) is 6.54 Å².